The van der Waals surface area contributed by atoms with Crippen molar-refractivity contribution in [3.05, 3.63) is 22.2 Å². The van der Waals surface area contributed by atoms with Gasteiger partial charge >= 0.3 is 10.1 Å². The molecule has 1 N–H and O–H groups in total. The van der Waals surface area contributed by atoms with Crippen LogP contribution in [0.15, 0.2) is 21.7 Å². The van der Waals surface area contributed by atoms with Gasteiger partial charge in [0.2, 0.25) is 11.8 Å². The van der Waals surface area contributed by atoms with Gasteiger partial charge in [0.05, 0.1) is 17.3 Å². The Labute approximate surface area is 169 Å². The van der Waals surface area contributed by atoms with Crippen LogP contribution in [-0.2, 0) is 19.7 Å². The van der Waals surface area contributed by atoms with Gasteiger partial charge in [-0.1, -0.05) is 11.8 Å². The molecule has 0 saturated heterocycles. The number of carbonyl (C=O) groups is 2. The average molecular weight is 480 g/mol. The summed E-state index contributed by atoms with van der Waals surface area (Å²) < 4.78 is 33.9. The van der Waals surface area contributed by atoms with E-state index in [0.29, 0.717) is 10.0 Å². The van der Waals surface area contributed by atoms with E-state index in [1.807, 2.05) is 0 Å². The number of hydrazone groups is 1. The number of thioether (sulfide) groups is 1. The van der Waals surface area contributed by atoms with Crippen LogP contribution in [0.5, 0.6) is 11.5 Å². The van der Waals surface area contributed by atoms with Crippen LogP contribution >= 0.6 is 27.7 Å². The van der Waals surface area contributed by atoms with Crippen molar-refractivity contribution in [2.75, 3.05) is 12.9 Å². The Balaban J connectivity index is 2.46. The van der Waals surface area contributed by atoms with Crippen molar-refractivity contribution in [1.29, 1.82) is 0 Å². The largest absolute Gasteiger partial charge is 0.490 e. The highest BCUT2D eigenvalue weighted by Crippen LogP contribution is 2.45. The van der Waals surface area contributed by atoms with Gasteiger partial charge in [0.25, 0.3) is 0 Å². The summed E-state index contributed by atoms with van der Waals surface area (Å²) in [5, 5.41) is 7.63. The summed E-state index contributed by atoms with van der Waals surface area (Å²) in [6, 6.07) is 3.19. The number of amidine groups is 1. The summed E-state index contributed by atoms with van der Waals surface area (Å²) in [5.74, 6) is -0.412. The van der Waals surface area contributed by atoms with Crippen molar-refractivity contribution in [2.24, 2.45) is 5.10 Å². The topological polar surface area (TPSA) is 114 Å². The van der Waals surface area contributed by atoms with Crippen molar-refractivity contribution in [3.8, 4) is 11.5 Å². The highest BCUT2D eigenvalue weighted by molar-refractivity contribution is 9.10. The highest BCUT2D eigenvalue weighted by atomic mass is 79.9. The Morgan fingerprint density at radius 2 is 2.04 bits per heavy atom. The molecule has 12 heteroatoms. The first-order chi connectivity index (χ1) is 12.5. The van der Waals surface area contributed by atoms with Gasteiger partial charge < -0.3 is 14.2 Å². The molecule has 1 aliphatic rings. The van der Waals surface area contributed by atoms with Crippen LogP contribution in [0.3, 0.4) is 0 Å². The Kier molecular flexibility index (Phi) is 6.76. The molecule has 0 spiro atoms. The molecule has 1 atom stereocenters. The Bertz CT molecular complexity index is 903. The lowest BCUT2D eigenvalue weighted by Crippen LogP contribution is -2.25. The number of amides is 2. The smallest absolute Gasteiger partial charge is 0.306 e. The Morgan fingerprint density at radius 1 is 1.37 bits per heavy atom. The summed E-state index contributed by atoms with van der Waals surface area (Å²) in [7, 11) is -3.77. The number of ether oxygens (including phenoxy) is 1. The molecule has 0 unspecified atom stereocenters. The predicted octanol–water partition coefficient (Wildman–Crippen LogP) is 2.19. The molecule has 0 radical (unpaired) electrons. The van der Waals surface area contributed by atoms with Crippen molar-refractivity contribution < 1.29 is 26.9 Å². The van der Waals surface area contributed by atoms with Crippen molar-refractivity contribution in [2.45, 2.75) is 26.1 Å². The molecular formula is C15H18BrN3O6S2. The first kappa shape index (κ1) is 21.5. The summed E-state index contributed by atoms with van der Waals surface area (Å²) in [6.07, 6.45) is 0.931. The number of halogens is 1. The van der Waals surface area contributed by atoms with E-state index in [9.17, 15) is 18.0 Å². The second kappa shape index (κ2) is 8.48. The molecule has 2 amide bonds. The lowest BCUT2D eigenvalue weighted by molar-refractivity contribution is -0.129. The number of benzene rings is 1. The van der Waals surface area contributed by atoms with Crippen LogP contribution < -0.4 is 14.2 Å². The summed E-state index contributed by atoms with van der Waals surface area (Å²) >= 11 is 4.46. The quantitative estimate of drug-likeness (QED) is 0.643. The molecule has 148 valence electrons. The van der Waals surface area contributed by atoms with Gasteiger partial charge in [-0.2, -0.15) is 8.42 Å². The molecule has 1 heterocycles. The maximum absolute atomic E-state index is 12.0. The lowest BCUT2D eigenvalue weighted by Gasteiger charge is -2.21. The third-order valence-corrected chi connectivity index (χ3v) is 5.26. The third kappa shape index (κ3) is 5.59. The van der Waals surface area contributed by atoms with E-state index in [1.165, 1.54) is 30.6 Å². The molecule has 0 aliphatic carbocycles. The minimum Gasteiger partial charge on any atom is -0.490 e. The molecule has 0 aromatic heterocycles. The molecule has 1 aromatic rings. The van der Waals surface area contributed by atoms with E-state index in [4.69, 9.17) is 8.92 Å². The number of hydrogen-bond acceptors (Lipinski definition) is 8. The van der Waals surface area contributed by atoms with Crippen LogP contribution in [0, 0.1) is 0 Å². The van der Waals surface area contributed by atoms with Gasteiger partial charge in [-0.15, -0.1) is 5.10 Å². The number of rotatable bonds is 5. The maximum atomic E-state index is 12.0. The normalized spacial score (nSPS) is 16.7. The van der Waals surface area contributed by atoms with Gasteiger partial charge in [0.15, 0.2) is 16.7 Å². The zero-order valence-electron chi connectivity index (χ0n) is 15.0. The van der Waals surface area contributed by atoms with E-state index in [0.717, 1.165) is 6.26 Å². The summed E-state index contributed by atoms with van der Waals surface area (Å²) in [4.78, 5) is 23.2. The molecule has 9 nitrogen and oxygen atoms in total. The van der Waals surface area contributed by atoms with Crippen LogP contribution in [-0.4, -0.2) is 43.3 Å². The van der Waals surface area contributed by atoms with Crippen LogP contribution in [0.4, 0.5) is 0 Å². The van der Waals surface area contributed by atoms with Gasteiger partial charge in [-0.05, 0) is 40.5 Å². The van der Waals surface area contributed by atoms with Gasteiger partial charge in [-0.3, -0.25) is 9.59 Å². The molecule has 1 aliphatic heterocycles. The van der Waals surface area contributed by atoms with Crippen LogP contribution in [0.2, 0.25) is 0 Å². The minimum atomic E-state index is -3.77. The van der Waals surface area contributed by atoms with Gasteiger partial charge in [-0.25, -0.2) is 5.01 Å². The standard InChI is InChI=1S/C15H18BrN3O6S2/c1-5-24-12-7-10(6-11(16)13(12)25-27(4,22)23)14-19(9(3)21)18-15(26-14)17-8(2)20/h6-7,14H,5H2,1-4H3,(H,17,18,20)/t14-/m1/s1. The fraction of sp³-hybridized carbons (Fsp3) is 0.400. The second-order valence-corrected chi connectivity index (χ2v) is 8.97. The molecule has 0 bridgehead atoms. The van der Waals surface area contributed by atoms with E-state index >= 15 is 0 Å². The van der Waals surface area contributed by atoms with E-state index < -0.39 is 15.5 Å². The first-order valence-electron chi connectivity index (χ1n) is 7.70. The van der Waals surface area contributed by atoms with Crippen molar-refractivity contribution in [1.82, 2.24) is 10.3 Å². The molecule has 0 fully saturated rings. The fourth-order valence-electron chi connectivity index (χ4n) is 2.21. The number of nitrogens with zero attached hydrogens (tertiary/aromatic N) is 2. The first-order valence-corrected chi connectivity index (χ1v) is 11.2. The average Bonchev–Trinajstić information content (AvgIpc) is 2.93. The van der Waals surface area contributed by atoms with E-state index in [1.54, 1.807) is 19.1 Å². The van der Waals surface area contributed by atoms with E-state index in [-0.39, 0.29) is 35.1 Å². The fourth-order valence-corrected chi connectivity index (χ4v) is 4.44. The molecule has 0 saturated carbocycles. The second-order valence-electron chi connectivity index (χ2n) is 5.47. The summed E-state index contributed by atoms with van der Waals surface area (Å²) in [6.45, 7) is 4.72. The number of hydrogen-bond donors (Lipinski definition) is 1. The minimum absolute atomic E-state index is 0.0171. The predicted molar refractivity (Wildman–Crippen MR) is 105 cm³/mol. The van der Waals surface area contributed by atoms with Crippen LogP contribution in [0.25, 0.3) is 0 Å². The number of nitrogens with one attached hydrogen (secondary N) is 1. The monoisotopic (exact) mass is 479 g/mol. The SMILES string of the molecule is CCOc1cc([C@H]2SC(NC(C)=O)=NN2C(C)=O)cc(Br)c1OS(C)(=O)=O. The zero-order chi connectivity index (χ0) is 20.4. The molecule has 2 rings (SSSR count). The maximum Gasteiger partial charge on any atom is 0.306 e. The highest BCUT2D eigenvalue weighted by Gasteiger charge is 2.33. The Hall–Kier alpha value is -1.79. The van der Waals surface area contributed by atoms with Crippen molar-refractivity contribution >= 4 is 54.8 Å². The zero-order valence-corrected chi connectivity index (χ0v) is 18.2. The molecule has 1 aromatic carbocycles. The van der Waals surface area contributed by atoms with Gasteiger partial charge in [0.1, 0.15) is 5.37 Å². The lowest BCUT2D eigenvalue weighted by atomic mass is 10.2. The summed E-state index contributed by atoms with van der Waals surface area (Å²) in [5.41, 5.74) is 0.607. The molecular weight excluding hydrogens is 462 g/mol. The third-order valence-electron chi connectivity index (χ3n) is 3.10. The van der Waals surface area contributed by atoms with Crippen LogP contribution in [0.1, 0.15) is 31.7 Å². The van der Waals surface area contributed by atoms with Crippen molar-refractivity contribution in [3.63, 3.8) is 0 Å². The molecule has 27 heavy (non-hydrogen) atoms. The van der Waals surface area contributed by atoms with E-state index in [2.05, 4.69) is 26.3 Å². The Morgan fingerprint density at radius 3 is 2.56 bits per heavy atom. The van der Waals surface area contributed by atoms with Gasteiger partial charge in [0, 0.05) is 13.8 Å². The number of carbonyl (C=O) groups excluding carboxylic acids is 2.